The van der Waals surface area contributed by atoms with Gasteiger partial charge in [0.1, 0.15) is 5.69 Å². The molecule has 1 aliphatic heterocycles. The molecule has 33 heavy (non-hydrogen) atoms. The van der Waals surface area contributed by atoms with Gasteiger partial charge in [-0.05, 0) is 24.1 Å². The number of alkyl halides is 2. The third-order valence-corrected chi connectivity index (χ3v) is 5.03. The van der Waals surface area contributed by atoms with Gasteiger partial charge in [-0.1, -0.05) is 30.3 Å². The molecule has 0 unspecified atom stereocenters. The lowest BCUT2D eigenvalue weighted by Gasteiger charge is -2.34. The highest BCUT2D eigenvalue weighted by Crippen LogP contribution is 2.45. The molecule has 0 N–H and O–H groups in total. The number of ether oxygens (including phenoxy) is 1. The standard InChI is InChI=1S/C22H11F8NO2/c23-14-11(13-15(24)17(26)19(28)18(27)16(13)25)6-7-12-20(14)31(21(32)22(29,30)33-12)9-8-10-4-2-1-3-5-10/h1-7H,8-9H2. The van der Waals surface area contributed by atoms with E-state index in [0.717, 1.165) is 0 Å². The first kappa shape index (κ1) is 22.6. The van der Waals surface area contributed by atoms with Crippen molar-refractivity contribution < 1.29 is 44.7 Å². The molecule has 0 spiro atoms. The normalized spacial score (nSPS) is 14.8. The van der Waals surface area contributed by atoms with Crippen LogP contribution in [0.3, 0.4) is 0 Å². The number of carbonyl (C=O) groups is 1. The predicted octanol–water partition coefficient (Wildman–Crippen LogP) is 5.75. The van der Waals surface area contributed by atoms with E-state index in [2.05, 4.69) is 4.74 Å². The minimum Gasteiger partial charge on any atom is -0.423 e. The largest absolute Gasteiger partial charge is 0.482 e. The van der Waals surface area contributed by atoms with Gasteiger partial charge in [0, 0.05) is 12.1 Å². The number of benzene rings is 3. The Balaban J connectivity index is 1.87. The second-order valence-electron chi connectivity index (χ2n) is 7.03. The fourth-order valence-corrected chi connectivity index (χ4v) is 3.45. The zero-order valence-corrected chi connectivity index (χ0v) is 16.2. The summed E-state index contributed by atoms with van der Waals surface area (Å²) in [5.41, 5.74) is -3.06. The average molecular weight is 473 g/mol. The highest BCUT2D eigenvalue weighted by molar-refractivity contribution is 6.01. The van der Waals surface area contributed by atoms with E-state index < -0.39 is 76.0 Å². The fourth-order valence-electron chi connectivity index (χ4n) is 3.45. The minimum atomic E-state index is -4.37. The van der Waals surface area contributed by atoms with Gasteiger partial charge in [-0.25, -0.2) is 26.3 Å². The van der Waals surface area contributed by atoms with Crippen molar-refractivity contribution in [1.29, 1.82) is 0 Å². The summed E-state index contributed by atoms with van der Waals surface area (Å²) >= 11 is 0. The molecule has 172 valence electrons. The van der Waals surface area contributed by atoms with E-state index in [-0.39, 0.29) is 6.42 Å². The van der Waals surface area contributed by atoms with Gasteiger partial charge in [0.15, 0.2) is 34.8 Å². The van der Waals surface area contributed by atoms with Crippen molar-refractivity contribution in [2.75, 3.05) is 11.4 Å². The Morgan fingerprint density at radius 1 is 0.758 bits per heavy atom. The Morgan fingerprint density at radius 3 is 1.94 bits per heavy atom. The molecule has 3 aromatic rings. The van der Waals surface area contributed by atoms with Crippen molar-refractivity contribution in [3.8, 4) is 16.9 Å². The van der Waals surface area contributed by atoms with E-state index in [1.807, 2.05) is 0 Å². The van der Waals surface area contributed by atoms with Gasteiger partial charge in [-0.15, -0.1) is 0 Å². The van der Waals surface area contributed by atoms with Crippen LogP contribution in [0.2, 0.25) is 0 Å². The number of hydrogen-bond acceptors (Lipinski definition) is 2. The van der Waals surface area contributed by atoms with Crippen LogP contribution in [-0.2, 0) is 11.2 Å². The van der Waals surface area contributed by atoms with Gasteiger partial charge in [0.05, 0.1) is 5.56 Å². The number of fused-ring (bicyclic) bond motifs is 1. The molecule has 0 bridgehead atoms. The SMILES string of the molecule is O=C1N(CCc2ccccc2)c2c(ccc(-c3c(F)c(F)c(F)c(F)c3F)c2F)OC1(F)F. The second-order valence-corrected chi connectivity index (χ2v) is 7.03. The Bertz CT molecular complexity index is 1230. The minimum absolute atomic E-state index is 0.0195. The van der Waals surface area contributed by atoms with E-state index in [0.29, 0.717) is 22.6 Å². The highest BCUT2D eigenvalue weighted by Gasteiger charge is 2.51. The second kappa shape index (κ2) is 8.05. The molecule has 3 nitrogen and oxygen atoms in total. The van der Waals surface area contributed by atoms with E-state index in [9.17, 15) is 35.5 Å². The Hall–Kier alpha value is -3.63. The van der Waals surface area contributed by atoms with Crippen LogP contribution in [0.4, 0.5) is 40.8 Å². The van der Waals surface area contributed by atoms with Crippen molar-refractivity contribution >= 4 is 11.6 Å². The van der Waals surface area contributed by atoms with E-state index in [1.54, 1.807) is 30.3 Å². The third kappa shape index (κ3) is 3.66. The number of hydrogen-bond donors (Lipinski definition) is 0. The Kier molecular flexibility index (Phi) is 5.51. The van der Waals surface area contributed by atoms with Crippen molar-refractivity contribution in [3.63, 3.8) is 0 Å². The van der Waals surface area contributed by atoms with E-state index in [4.69, 9.17) is 0 Å². The number of anilines is 1. The molecule has 0 saturated carbocycles. The first-order valence-electron chi connectivity index (χ1n) is 9.31. The maximum Gasteiger partial charge on any atom is 0.482 e. The van der Waals surface area contributed by atoms with Crippen LogP contribution in [0.5, 0.6) is 5.75 Å². The van der Waals surface area contributed by atoms with Crippen LogP contribution in [-0.4, -0.2) is 18.6 Å². The topological polar surface area (TPSA) is 29.5 Å². The van der Waals surface area contributed by atoms with Gasteiger partial charge in [0.2, 0.25) is 5.82 Å². The number of nitrogens with zero attached hydrogens (tertiary/aromatic N) is 1. The number of amides is 1. The van der Waals surface area contributed by atoms with Crippen LogP contribution in [0.25, 0.3) is 11.1 Å². The maximum absolute atomic E-state index is 15.4. The molecule has 1 amide bonds. The smallest absolute Gasteiger partial charge is 0.423 e. The number of carbonyl (C=O) groups excluding carboxylic acids is 1. The summed E-state index contributed by atoms with van der Waals surface area (Å²) in [7, 11) is 0. The molecule has 0 atom stereocenters. The molecular weight excluding hydrogens is 462 g/mol. The summed E-state index contributed by atoms with van der Waals surface area (Å²) < 4.78 is 117. The number of rotatable bonds is 4. The average Bonchev–Trinajstić information content (AvgIpc) is 2.79. The van der Waals surface area contributed by atoms with Crippen LogP contribution in [0.15, 0.2) is 42.5 Å². The fraction of sp³-hybridized carbons (Fsp3) is 0.136. The van der Waals surface area contributed by atoms with Crippen LogP contribution in [0.1, 0.15) is 5.56 Å². The lowest BCUT2D eigenvalue weighted by molar-refractivity contribution is -0.192. The molecule has 3 aromatic carbocycles. The van der Waals surface area contributed by atoms with Crippen molar-refractivity contribution in [2.24, 2.45) is 0 Å². The molecule has 1 heterocycles. The summed E-state index contributed by atoms with van der Waals surface area (Å²) in [6.45, 7) is -0.494. The Labute approximate surface area is 180 Å². The molecule has 0 radical (unpaired) electrons. The summed E-state index contributed by atoms with van der Waals surface area (Å²) in [4.78, 5) is 12.6. The molecule has 0 fully saturated rings. The summed E-state index contributed by atoms with van der Waals surface area (Å²) in [5, 5.41) is 0. The molecule has 0 saturated heterocycles. The quantitative estimate of drug-likeness (QED) is 0.275. The lowest BCUT2D eigenvalue weighted by Crippen LogP contribution is -2.51. The van der Waals surface area contributed by atoms with Crippen molar-refractivity contribution in [2.45, 2.75) is 12.5 Å². The lowest BCUT2D eigenvalue weighted by atomic mass is 10.00. The monoisotopic (exact) mass is 473 g/mol. The molecule has 11 heteroatoms. The van der Waals surface area contributed by atoms with Gasteiger partial charge < -0.3 is 4.74 Å². The van der Waals surface area contributed by atoms with E-state index in [1.165, 1.54) is 0 Å². The van der Waals surface area contributed by atoms with E-state index >= 15 is 4.39 Å². The first-order chi connectivity index (χ1) is 15.5. The number of halogens is 8. The zero-order valence-electron chi connectivity index (χ0n) is 16.2. The summed E-state index contributed by atoms with van der Waals surface area (Å²) in [5.74, 6) is -16.2. The van der Waals surface area contributed by atoms with Crippen LogP contribution in [0, 0.1) is 34.9 Å². The molecule has 0 aliphatic carbocycles. The van der Waals surface area contributed by atoms with Gasteiger partial charge in [-0.3, -0.25) is 9.69 Å². The Morgan fingerprint density at radius 2 is 1.33 bits per heavy atom. The predicted molar refractivity (Wildman–Crippen MR) is 99.7 cm³/mol. The first-order valence-corrected chi connectivity index (χ1v) is 9.31. The maximum atomic E-state index is 15.4. The molecule has 1 aliphatic rings. The molecule has 0 aromatic heterocycles. The van der Waals surface area contributed by atoms with Crippen molar-refractivity contribution in [1.82, 2.24) is 0 Å². The van der Waals surface area contributed by atoms with Crippen LogP contribution < -0.4 is 9.64 Å². The van der Waals surface area contributed by atoms with Gasteiger partial charge in [0.25, 0.3) is 0 Å². The highest BCUT2D eigenvalue weighted by atomic mass is 19.3. The molecule has 4 rings (SSSR count). The molecular formula is C22H11F8NO2. The third-order valence-electron chi connectivity index (χ3n) is 5.03. The van der Waals surface area contributed by atoms with Crippen molar-refractivity contribution in [3.05, 3.63) is 82.9 Å². The zero-order chi connectivity index (χ0) is 24.1. The summed E-state index contributed by atoms with van der Waals surface area (Å²) in [6, 6.07) is 9.37. The summed E-state index contributed by atoms with van der Waals surface area (Å²) in [6.07, 6.45) is -4.39. The van der Waals surface area contributed by atoms with Gasteiger partial charge >= 0.3 is 12.0 Å². The van der Waals surface area contributed by atoms with Gasteiger partial charge in [-0.2, -0.15) is 8.78 Å². The van der Waals surface area contributed by atoms with Crippen LogP contribution >= 0.6 is 0 Å².